The molecule has 1 aromatic heterocycles. The molecule has 0 saturated carbocycles. The molecule has 2 aromatic rings. The molecule has 1 aromatic carbocycles. The van der Waals surface area contributed by atoms with Crippen molar-refractivity contribution in [3.63, 3.8) is 0 Å². The number of aryl methyl sites for hydroxylation is 1. The first-order valence-corrected chi connectivity index (χ1v) is 9.55. The number of rotatable bonds is 10. The standard InChI is InChI=1S/C20H24F4N4O3/c1-4-28-9-15(16(27-28)18(30)25-12(2)3)26-17(29)14-7-5-6-13(8-14)10-31-11-20(23,24)19(21)22/h5-9,12,19H,4,10-11H2,1-3H3,(H,25,30)(H,26,29). The van der Waals surface area contributed by atoms with E-state index >= 15 is 0 Å². The quantitative estimate of drug-likeness (QED) is 0.547. The number of carbonyl (C=O) groups is 2. The average Bonchev–Trinajstić information content (AvgIpc) is 3.10. The van der Waals surface area contributed by atoms with E-state index in [9.17, 15) is 27.2 Å². The number of nitrogens with zero attached hydrogens (tertiary/aromatic N) is 2. The molecule has 0 aliphatic rings. The molecule has 0 fully saturated rings. The number of carbonyl (C=O) groups excluding carboxylic acids is 2. The number of amides is 2. The van der Waals surface area contributed by atoms with Crippen LogP contribution in [-0.4, -0.2) is 46.6 Å². The van der Waals surface area contributed by atoms with E-state index in [-0.39, 0.29) is 29.6 Å². The molecule has 11 heteroatoms. The Kier molecular flexibility index (Phi) is 8.14. The van der Waals surface area contributed by atoms with Crippen molar-refractivity contribution >= 4 is 17.5 Å². The van der Waals surface area contributed by atoms with Gasteiger partial charge in [-0.1, -0.05) is 12.1 Å². The molecule has 2 amide bonds. The van der Waals surface area contributed by atoms with Crippen LogP contribution in [0.2, 0.25) is 0 Å². The fourth-order valence-electron chi connectivity index (χ4n) is 2.54. The molecule has 0 unspecified atom stereocenters. The SMILES string of the molecule is CCn1cc(NC(=O)c2cccc(COCC(F)(F)C(F)F)c2)c(C(=O)NC(C)C)n1. The Morgan fingerprint density at radius 2 is 1.94 bits per heavy atom. The van der Waals surface area contributed by atoms with Crippen molar-refractivity contribution in [1.29, 1.82) is 0 Å². The van der Waals surface area contributed by atoms with Gasteiger partial charge < -0.3 is 15.4 Å². The molecule has 2 N–H and O–H groups in total. The van der Waals surface area contributed by atoms with E-state index in [1.54, 1.807) is 13.8 Å². The number of ether oxygens (including phenoxy) is 1. The molecule has 0 radical (unpaired) electrons. The third-order valence-corrected chi connectivity index (χ3v) is 4.04. The maximum Gasteiger partial charge on any atom is 0.330 e. The molecule has 0 aliphatic heterocycles. The molecule has 1 heterocycles. The minimum absolute atomic E-state index is 0.0534. The lowest BCUT2D eigenvalue weighted by atomic mass is 10.1. The number of anilines is 1. The van der Waals surface area contributed by atoms with Gasteiger partial charge in [0.2, 0.25) is 0 Å². The Morgan fingerprint density at radius 1 is 1.23 bits per heavy atom. The highest BCUT2D eigenvalue weighted by atomic mass is 19.3. The fourth-order valence-corrected chi connectivity index (χ4v) is 2.54. The van der Waals surface area contributed by atoms with Gasteiger partial charge in [-0.05, 0) is 38.5 Å². The van der Waals surface area contributed by atoms with Crippen LogP contribution in [0, 0.1) is 0 Å². The van der Waals surface area contributed by atoms with Crippen LogP contribution in [0.25, 0.3) is 0 Å². The number of alkyl halides is 4. The number of hydrogen-bond donors (Lipinski definition) is 2. The van der Waals surface area contributed by atoms with E-state index in [2.05, 4.69) is 20.5 Å². The van der Waals surface area contributed by atoms with Crippen LogP contribution >= 0.6 is 0 Å². The Labute approximate surface area is 176 Å². The smallest absolute Gasteiger partial charge is 0.330 e. The molecule has 0 spiro atoms. The highest BCUT2D eigenvalue weighted by Crippen LogP contribution is 2.23. The molecule has 170 valence electrons. The normalized spacial score (nSPS) is 11.8. The predicted molar refractivity (Wildman–Crippen MR) is 106 cm³/mol. The third kappa shape index (κ3) is 6.78. The van der Waals surface area contributed by atoms with Crippen LogP contribution in [0.15, 0.2) is 30.5 Å². The van der Waals surface area contributed by atoms with Crippen LogP contribution in [0.1, 0.15) is 47.2 Å². The summed E-state index contributed by atoms with van der Waals surface area (Å²) in [5.41, 5.74) is 0.779. The van der Waals surface area contributed by atoms with Crippen LogP contribution < -0.4 is 10.6 Å². The zero-order valence-corrected chi connectivity index (χ0v) is 17.3. The first kappa shape index (κ1) is 24.3. The summed E-state index contributed by atoms with van der Waals surface area (Å²) in [5.74, 6) is -5.25. The fraction of sp³-hybridized carbons (Fsp3) is 0.450. The molecule has 7 nitrogen and oxygen atoms in total. The minimum atomic E-state index is -4.25. The van der Waals surface area contributed by atoms with Crippen LogP contribution in [0.5, 0.6) is 0 Å². The second-order valence-electron chi connectivity index (χ2n) is 7.08. The van der Waals surface area contributed by atoms with Gasteiger partial charge in [-0.2, -0.15) is 13.9 Å². The third-order valence-electron chi connectivity index (χ3n) is 4.04. The summed E-state index contributed by atoms with van der Waals surface area (Å²) in [6.45, 7) is 4.07. The topological polar surface area (TPSA) is 85.2 Å². The van der Waals surface area contributed by atoms with Crippen molar-refractivity contribution in [3.05, 3.63) is 47.3 Å². The Hall–Kier alpha value is -2.95. The molecule has 0 bridgehead atoms. The van der Waals surface area contributed by atoms with Gasteiger partial charge in [0, 0.05) is 24.3 Å². The van der Waals surface area contributed by atoms with Gasteiger partial charge in [0.05, 0.1) is 12.3 Å². The molecule has 2 rings (SSSR count). The van der Waals surface area contributed by atoms with Crippen molar-refractivity contribution in [3.8, 4) is 0 Å². The summed E-state index contributed by atoms with van der Waals surface area (Å²) in [7, 11) is 0. The average molecular weight is 444 g/mol. The van der Waals surface area contributed by atoms with Crippen LogP contribution in [0.3, 0.4) is 0 Å². The van der Waals surface area contributed by atoms with Gasteiger partial charge in [0.25, 0.3) is 11.8 Å². The van der Waals surface area contributed by atoms with Gasteiger partial charge in [0.15, 0.2) is 5.69 Å². The van der Waals surface area contributed by atoms with Crippen molar-refractivity contribution in [2.75, 3.05) is 11.9 Å². The predicted octanol–water partition coefficient (Wildman–Crippen LogP) is 3.71. The lowest BCUT2D eigenvalue weighted by Gasteiger charge is -2.15. The molecule has 0 atom stereocenters. The van der Waals surface area contributed by atoms with Gasteiger partial charge >= 0.3 is 12.3 Å². The second-order valence-corrected chi connectivity index (χ2v) is 7.08. The van der Waals surface area contributed by atoms with Crippen molar-refractivity contribution in [2.45, 2.75) is 52.3 Å². The molecular formula is C20H24F4N4O3. The second kappa shape index (κ2) is 10.4. The van der Waals surface area contributed by atoms with Gasteiger partial charge in [-0.25, -0.2) is 8.78 Å². The Bertz CT molecular complexity index is 916. The first-order valence-electron chi connectivity index (χ1n) is 9.55. The number of benzene rings is 1. The van der Waals surface area contributed by atoms with E-state index in [0.717, 1.165) is 0 Å². The van der Waals surface area contributed by atoms with Crippen molar-refractivity contribution in [2.24, 2.45) is 0 Å². The number of halogens is 4. The van der Waals surface area contributed by atoms with Gasteiger partial charge in [-0.3, -0.25) is 14.3 Å². The van der Waals surface area contributed by atoms with Crippen LogP contribution in [0.4, 0.5) is 23.2 Å². The molecule has 31 heavy (non-hydrogen) atoms. The summed E-state index contributed by atoms with van der Waals surface area (Å²) in [5, 5.41) is 9.48. The van der Waals surface area contributed by atoms with E-state index < -0.39 is 30.8 Å². The number of aromatic nitrogens is 2. The molecule has 0 aliphatic carbocycles. The largest absolute Gasteiger partial charge is 0.370 e. The van der Waals surface area contributed by atoms with E-state index in [4.69, 9.17) is 0 Å². The molecule has 0 saturated heterocycles. The van der Waals surface area contributed by atoms with E-state index in [1.807, 2.05) is 6.92 Å². The summed E-state index contributed by atoms with van der Waals surface area (Å²) in [4.78, 5) is 25.0. The van der Waals surface area contributed by atoms with E-state index in [0.29, 0.717) is 12.1 Å². The minimum Gasteiger partial charge on any atom is -0.370 e. The Morgan fingerprint density at radius 3 is 2.55 bits per heavy atom. The summed E-state index contributed by atoms with van der Waals surface area (Å²) in [6.07, 6.45) is -2.30. The molecular weight excluding hydrogens is 420 g/mol. The highest BCUT2D eigenvalue weighted by Gasteiger charge is 2.40. The zero-order chi connectivity index (χ0) is 23.2. The van der Waals surface area contributed by atoms with E-state index in [1.165, 1.54) is 35.1 Å². The Balaban J connectivity index is 2.10. The van der Waals surface area contributed by atoms with Gasteiger partial charge in [-0.15, -0.1) is 0 Å². The van der Waals surface area contributed by atoms with Crippen molar-refractivity contribution < 1.29 is 31.9 Å². The summed E-state index contributed by atoms with van der Waals surface area (Å²) < 4.78 is 56.4. The maximum absolute atomic E-state index is 12.9. The van der Waals surface area contributed by atoms with Crippen LogP contribution in [-0.2, 0) is 17.9 Å². The van der Waals surface area contributed by atoms with Gasteiger partial charge in [0.1, 0.15) is 6.61 Å². The summed E-state index contributed by atoms with van der Waals surface area (Å²) >= 11 is 0. The lowest BCUT2D eigenvalue weighted by molar-refractivity contribution is -0.168. The first-order chi connectivity index (χ1) is 14.5. The number of nitrogens with one attached hydrogen (secondary N) is 2. The zero-order valence-electron chi connectivity index (χ0n) is 17.3. The maximum atomic E-state index is 12.9. The monoisotopic (exact) mass is 444 g/mol. The highest BCUT2D eigenvalue weighted by molar-refractivity contribution is 6.08. The lowest BCUT2D eigenvalue weighted by Crippen LogP contribution is -2.32. The van der Waals surface area contributed by atoms with Crippen molar-refractivity contribution in [1.82, 2.24) is 15.1 Å². The summed E-state index contributed by atoms with van der Waals surface area (Å²) in [6, 6.07) is 5.74. The number of hydrogen-bond acceptors (Lipinski definition) is 4.